The maximum atomic E-state index is 12.5. The molecule has 2 aliphatic rings. The van der Waals surface area contributed by atoms with Gasteiger partial charge in [-0.1, -0.05) is 12.1 Å². The molecule has 1 aromatic rings. The molecule has 1 unspecified atom stereocenters. The van der Waals surface area contributed by atoms with Crippen LogP contribution in [0.3, 0.4) is 0 Å². The molecule has 3 rings (SSSR count). The second kappa shape index (κ2) is 8.62. The van der Waals surface area contributed by atoms with Crippen molar-refractivity contribution in [3.8, 4) is 0 Å². The number of hydrogen-bond donors (Lipinski definition) is 1. The van der Waals surface area contributed by atoms with E-state index in [0.29, 0.717) is 25.1 Å². The molecule has 1 aromatic carbocycles. The lowest BCUT2D eigenvalue weighted by atomic mass is 10.1. The molecule has 0 radical (unpaired) electrons. The van der Waals surface area contributed by atoms with Crippen LogP contribution in [0, 0.1) is 5.92 Å². The van der Waals surface area contributed by atoms with Crippen LogP contribution in [0.25, 0.3) is 0 Å². The van der Waals surface area contributed by atoms with Crippen molar-refractivity contribution in [2.75, 3.05) is 46.3 Å². The minimum atomic E-state index is -0.157. The largest absolute Gasteiger partial charge is 0.352 e. The Kier molecular flexibility index (Phi) is 6.40. The van der Waals surface area contributed by atoms with Gasteiger partial charge in [0.1, 0.15) is 0 Å². The third-order valence-corrected chi connectivity index (χ3v) is 5.78. The smallest absolute Gasteiger partial charge is 0.251 e. The fourth-order valence-electron chi connectivity index (χ4n) is 3.93. The van der Waals surface area contributed by atoms with Crippen molar-refractivity contribution < 1.29 is 9.59 Å². The molecule has 0 aromatic heterocycles. The molecule has 2 amide bonds. The van der Waals surface area contributed by atoms with Gasteiger partial charge in [0.2, 0.25) is 5.91 Å². The van der Waals surface area contributed by atoms with Crippen molar-refractivity contribution in [2.45, 2.75) is 39.3 Å². The highest BCUT2D eigenvalue weighted by Gasteiger charge is 2.36. The first kappa shape index (κ1) is 20.8. The summed E-state index contributed by atoms with van der Waals surface area (Å²) in [6, 6.07) is 7.91. The molecular formula is C22H34N4O2. The van der Waals surface area contributed by atoms with E-state index in [0.717, 1.165) is 32.7 Å². The summed E-state index contributed by atoms with van der Waals surface area (Å²) >= 11 is 0. The Labute approximate surface area is 168 Å². The third-order valence-electron chi connectivity index (χ3n) is 5.78. The number of nitrogens with one attached hydrogen (secondary N) is 1. The average Bonchev–Trinajstić information content (AvgIpc) is 3.03. The lowest BCUT2D eigenvalue weighted by Gasteiger charge is -2.32. The second-order valence-corrected chi connectivity index (χ2v) is 9.23. The van der Waals surface area contributed by atoms with Crippen LogP contribution in [0.1, 0.15) is 43.1 Å². The number of amides is 2. The summed E-state index contributed by atoms with van der Waals surface area (Å²) in [5.74, 6) is 0.306. The number of hydrogen-bond acceptors (Lipinski definition) is 4. The minimum Gasteiger partial charge on any atom is -0.352 e. The van der Waals surface area contributed by atoms with Crippen LogP contribution in [0.5, 0.6) is 0 Å². The van der Waals surface area contributed by atoms with Gasteiger partial charge < -0.3 is 15.1 Å². The second-order valence-electron chi connectivity index (χ2n) is 9.23. The van der Waals surface area contributed by atoms with Gasteiger partial charge in [-0.25, -0.2) is 0 Å². The highest BCUT2D eigenvalue weighted by Crippen LogP contribution is 2.25. The van der Waals surface area contributed by atoms with Crippen LogP contribution in [0.2, 0.25) is 0 Å². The van der Waals surface area contributed by atoms with Gasteiger partial charge >= 0.3 is 0 Å². The Bertz CT molecular complexity index is 687. The zero-order valence-corrected chi connectivity index (χ0v) is 17.7. The molecule has 2 saturated heterocycles. The highest BCUT2D eigenvalue weighted by molar-refractivity contribution is 5.94. The summed E-state index contributed by atoms with van der Waals surface area (Å²) in [5, 5.41) is 3.01. The standard InChI is InChI=1S/C22H34N4O2/c1-22(2,3)26-16-18(13-20(26)27)14-23-21(28)19-7-5-17(6-8-19)15-25-11-9-24(4)10-12-25/h5-8,18H,9-16H2,1-4H3,(H,23,28). The van der Waals surface area contributed by atoms with E-state index >= 15 is 0 Å². The van der Waals surface area contributed by atoms with Crippen LogP contribution in [-0.4, -0.2) is 78.4 Å². The number of carbonyl (C=O) groups excluding carboxylic acids is 2. The van der Waals surface area contributed by atoms with Gasteiger partial charge in [0.25, 0.3) is 5.91 Å². The van der Waals surface area contributed by atoms with Crippen molar-refractivity contribution in [1.82, 2.24) is 20.0 Å². The Morgan fingerprint density at radius 3 is 2.32 bits per heavy atom. The van der Waals surface area contributed by atoms with Gasteiger partial charge in [0.05, 0.1) is 0 Å². The number of rotatable bonds is 5. The lowest BCUT2D eigenvalue weighted by Crippen LogP contribution is -2.43. The maximum Gasteiger partial charge on any atom is 0.251 e. The first-order chi connectivity index (χ1) is 13.2. The molecule has 0 saturated carbocycles. The van der Waals surface area contributed by atoms with E-state index in [4.69, 9.17) is 0 Å². The summed E-state index contributed by atoms with van der Waals surface area (Å²) in [5.41, 5.74) is 1.76. The normalized spacial score (nSPS) is 21.9. The Hall–Kier alpha value is -1.92. The fourth-order valence-corrected chi connectivity index (χ4v) is 3.93. The lowest BCUT2D eigenvalue weighted by molar-refractivity contribution is -0.131. The molecule has 1 N–H and O–H groups in total. The summed E-state index contributed by atoms with van der Waals surface area (Å²) in [6.45, 7) is 12.7. The zero-order chi connectivity index (χ0) is 20.3. The fraction of sp³-hybridized carbons (Fsp3) is 0.636. The molecule has 6 heteroatoms. The Morgan fingerprint density at radius 2 is 1.75 bits per heavy atom. The van der Waals surface area contributed by atoms with E-state index in [9.17, 15) is 9.59 Å². The number of likely N-dealkylation sites (tertiary alicyclic amines) is 1. The van der Waals surface area contributed by atoms with Crippen molar-refractivity contribution in [3.63, 3.8) is 0 Å². The van der Waals surface area contributed by atoms with Crippen LogP contribution in [0.15, 0.2) is 24.3 Å². The van der Waals surface area contributed by atoms with Crippen molar-refractivity contribution in [3.05, 3.63) is 35.4 Å². The monoisotopic (exact) mass is 386 g/mol. The number of likely N-dealkylation sites (N-methyl/N-ethyl adjacent to an activating group) is 1. The third kappa shape index (κ3) is 5.32. The maximum absolute atomic E-state index is 12.5. The van der Waals surface area contributed by atoms with Gasteiger partial charge in [-0.2, -0.15) is 0 Å². The average molecular weight is 387 g/mol. The van der Waals surface area contributed by atoms with Crippen molar-refractivity contribution >= 4 is 11.8 Å². The molecule has 2 heterocycles. The summed E-state index contributed by atoms with van der Waals surface area (Å²) in [4.78, 5) is 31.4. The van der Waals surface area contributed by atoms with Crippen molar-refractivity contribution in [1.29, 1.82) is 0 Å². The molecule has 0 bridgehead atoms. The van der Waals surface area contributed by atoms with Gasteiger partial charge in [0, 0.05) is 69.3 Å². The predicted octanol–water partition coefficient (Wildman–Crippen LogP) is 1.81. The van der Waals surface area contributed by atoms with Crippen LogP contribution in [-0.2, 0) is 11.3 Å². The van der Waals surface area contributed by atoms with Crippen molar-refractivity contribution in [2.24, 2.45) is 5.92 Å². The van der Waals surface area contributed by atoms with E-state index in [-0.39, 0.29) is 23.3 Å². The number of carbonyl (C=O) groups is 2. The SMILES string of the molecule is CN1CCN(Cc2ccc(C(=O)NCC3CC(=O)N(C(C)(C)C)C3)cc2)CC1. The first-order valence-electron chi connectivity index (χ1n) is 10.3. The van der Waals surface area contributed by atoms with Gasteiger partial charge in [-0.3, -0.25) is 14.5 Å². The molecular weight excluding hydrogens is 352 g/mol. The van der Waals surface area contributed by atoms with E-state index in [1.54, 1.807) is 0 Å². The molecule has 6 nitrogen and oxygen atoms in total. The minimum absolute atomic E-state index is 0.0622. The quantitative estimate of drug-likeness (QED) is 0.839. The molecule has 2 aliphatic heterocycles. The number of nitrogens with zero attached hydrogens (tertiary/aromatic N) is 3. The van der Waals surface area contributed by atoms with E-state index in [1.807, 2.05) is 29.2 Å². The first-order valence-corrected chi connectivity index (χ1v) is 10.3. The number of piperazine rings is 1. The molecule has 28 heavy (non-hydrogen) atoms. The van der Waals surface area contributed by atoms with Crippen LogP contribution in [0.4, 0.5) is 0 Å². The molecule has 1 atom stereocenters. The van der Waals surface area contributed by atoms with E-state index < -0.39 is 0 Å². The molecule has 154 valence electrons. The Morgan fingerprint density at radius 1 is 1.11 bits per heavy atom. The van der Waals surface area contributed by atoms with E-state index in [2.05, 4.69) is 42.9 Å². The number of benzene rings is 1. The van der Waals surface area contributed by atoms with Gasteiger partial charge in [-0.15, -0.1) is 0 Å². The van der Waals surface area contributed by atoms with Gasteiger partial charge in [0.15, 0.2) is 0 Å². The van der Waals surface area contributed by atoms with Gasteiger partial charge in [-0.05, 0) is 45.5 Å². The summed E-state index contributed by atoms with van der Waals surface area (Å²) in [6.07, 6.45) is 0.515. The Balaban J connectivity index is 1.47. The highest BCUT2D eigenvalue weighted by atomic mass is 16.2. The zero-order valence-electron chi connectivity index (χ0n) is 17.7. The molecule has 0 spiro atoms. The molecule has 0 aliphatic carbocycles. The topological polar surface area (TPSA) is 55.9 Å². The summed E-state index contributed by atoms with van der Waals surface area (Å²) in [7, 11) is 2.16. The molecule has 2 fully saturated rings. The van der Waals surface area contributed by atoms with E-state index in [1.165, 1.54) is 5.56 Å². The summed E-state index contributed by atoms with van der Waals surface area (Å²) < 4.78 is 0. The predicted molar refractivity (Wildman–Crippen MR) is 111 cm³/mol. The van der Waals surface area contributed by atoms with Crippen LogP contribution < -0.4 is 5.32 Å². The van der Waals surface area contributed by atoms with Crippen LogP contribution >= 0.6 is 0 Å².